The third kappa shape index (κ3) is 6.93. The maximum Gasteiger partial charge on any atom is 0.248 e. The van der Waals surface area contributed by atoms with Crippen molar-refractivity contribution in [1.29, 1.82) is 0 Å². The number of piperidine rings is 1. The summed E-state index contributed by atoms with van der Waals surface area (Å²) in [4.78, 5) is 31.5. The number of hydrogen-bond donors (Lipinski definition) is 1. The molecule has 1 aromatic carbocycles. The average molecular weight is 563 g/mol. The summed E-state index contributed by atoms with van der Waals surface area (Å²) >= 11 is 0. The van der Waals surface area contributed by atoms with Gasteiger partial charge in [-0.1, -0.05) is 6.58 Å². The molecule has 1 aromatic rings. The van der Waals surface area contributed by atoms with Crippen molar-refractivity contribution >= 4 is 11.8 Å². The average Bonchev–Trinajstić information content (AvgIpc) is 3.63. The lowest BCUT2D eigenvalue weighted by Gasteiger charge is -2.35. The smallest absolute Gasteiger partial charge is 0.248 e. The number of halogens is 3. The quantitative estimate of drug-likeness (QED) is 0.515. The van der Waals surface area contributed by atoms with E-state index in [1.54, 1.807) is 4.90 Å². The molecular weight excluding hydrogens is 521 g/mol. The van der Waals surface area contributed by atoms with Gasteiger partial charge in [0.05, 0.1) is 6.54 Å². The highest BCUT2D eigenvalue weighted by molar-refractivity contribution is 5.88. The fourth-order valence-electron chi connectivity index (χ4n) is 6.52. The van der Waals surface area contributed by atoms with Crippen LogP contribution in [-0.4, -0.2) is 84.4 Å². The predicted octanol–water partition coefficient (Wildman–Crippen LogP) is 4.18. The molecule has 10 heteroatoms. The van der Waals surface area contributed by atoms with Gasteiger partial charge in [0.15, 0.2) is 0 Å². The molecule has 0 aromatic heterocycles. The summed E-state index contributed by atoms with van der Waals surface area (Å²) in [5.41, 5.74) is 1.60. The zero-order valence-electron chi connectivity index (χ0n) is 23.4. The van der Waals surface area contributed by atoms with Gasteiger partial charge in [-0.3, -0.25) is 14.5 Å². The first kappa shape index (κ1) is 28.8. The van der Waals surface area contributed by atoms with Crippen molar-refractivity contribution < 1.29 is 27.5 Å². The molecule has 1 unspecified atom stereocenters. The van der Waals surface area contributed by atoms with E-state index in [0.717, 1.165) is 37.2 Å². The molecule has 7 nitrogen and oxygen atoms in total. The Bertz CT molecular complexity index is 1100. The summed E-state index contributed by atoms with van der Waals surface area (Å²) in [6, 6.07) is 4.87. The number of carbonyl (C=O) groups excluding carboxylic acids is 2. The maximum absolute atomic E-state index is 14.4. The van der Waals surface area contributed by atoms with Crippen LogP contribution in [0, 0.1) is 17.2 Å². The summed E-state index contributed by atoms with van der Waals surface area (Å²) < 4.78 is 47.5. The van der Waals surface area contributed by atoms with Gasteiger partial charge in [0.2, 0.25) is 17.7 Å². The number of carbonyl (C=O) groups is 2. The second-order valence-corrected chi connectivity index (χ2v) is 12.2. The van der Waals surface area contributed by atoms with Crippen molar-refractivity contribution in [3.63, 3.8) is 0 Å². The van der Waals surface area contributed by atoms with Crippen molar-refractivity contribution in [1.82, 2.24) is 20.0 Å². The fraction of sp³-hybridized carbons (Fsp3) is 0.667. The van der Waals surface area contributed by atoms with E-state index in [1.165, 1.54) is 12.1 Å². The van der Waals surface area contributed by atoms with Gasteiger partial charge in [-0.05, 0) is 49.3 Å². The SMILES string of the molecule is C=C(C)N1CCC(Oc2cc(F)cc(CN3CCN(C(=O)CNC(=O)C4CC45CCC(F)(F)CC5)CC3)c2)CC1. The molecule has 220 valence electrons. The molecule has 2 aliphatic heterocycles. The minimum absolute atomic E-state index is 0.0539. The van der Waals surface area contributed by atoms with Gasteiger partial charge in [0.1, 0.15) is 17.7 Å². The molecule has 4 fully saturated rings. The molecule has 1 spiro atoms. The molecule has 2 heterocycles. The topological polar surface area (TPSA) is 65.1 Å². The number of alkyl halides is 2. The normalized spacial score (nSPS) is 24.6. The van der Waals surface area contributed by atoms with Crippen LogP contribution >= 0.6 is 0 Å². The van der Waals surface area contributed by atoms with Gasteiger partial charge in [-0.25, -0.2) is 13.2 Å². The predicted molar refractivity (Wildman–Crippen MR) is 145 cm³/mol. The van der Waals surface area contributed by atoms with Crippen molar-refractivity contribution in [2.24, 2.45) is 11.3 Å². The number of allylic oxidation sites excluding steroid dienone is 1. The van der Waals surface area contributed by atoms with E-state index >= 15 is 0 Å². The second kappa shape index (κ2) is 11.6. The van der Waals surface area contributed by atoms with Gasteiger partial charge >= 0.3 is 0 Å². The zero-order valence-corrected chi connectivity index (χ0v) is 23.4. The Morgan fingerprint density at radius 1 is 1.00 bits per heavy atom. The van der Waals surface area contributed by atoms with Crippen LogP contribution in [0.25, 0.3) is 0 Å². The molecule has 5 rings (SSSR count). The van der Waals surface area contributed by atoms with Crippen molar-refractivity contribution in [2.75, 3.05) is 45.8 Å². The van der Waals surface area contributed by atoms with E-state index < -0.39 is 5.92 Å². The highest BCUT2D eigenvalue weighted by Crippen LogP contribution is 2.63. The van der Waals surface area contributed by atoms with Gasteiger partial charge in [0.25, 0.3) is 0 Å². The van der Waals surface area contributed by atoms with E-state index in [9.17, 15) is 22.8 Å². The number of likely N-dealkylation sites (tertiary alicyclic amines) is 1. The first-order valence-corrected chi connectivity index (χ1v) is 14.5. The molecule has 2 aliphatic carbocycles. The van der Waals surface area contributed by atoms with Crippen LogP contribution in [0.3, 0.4) is 0 Å². The highest BCUT2D eigenvalue weighted by atomic mass is 19.3. The van der Waals surface area contributed by atoms with Crippen molar-refractivity contribution in [2.45, 2.75) is 70.4 Å². The Morgan fingerprint density at radius 3 is 2.33 bits per heavy atom. The lowest BCUT2D eigenvalue weighted by Crippen LogP contribution is -2.51. The third-order valence-electron chi connectivity index (χ3n) is 9.24. The Labute approximate surface area is 234 Å². The van der Waals surface area contributed by atoms with E-state index in [-0.39, 0.29) is 54.5 Å². The van der Waals surface area contributed by atoms with Crippen LogP contribution in [-0.2, 0) is 16.1 Å². The second-order valence-electron chi connectivity index (χ2n) is 12.2. The number of nitrogens with one attached hydrogen (secondary N) is 1. The van der Waals surface area contributed by atoms with Gasteiger partial charge in [-0.15, -0.1) is 0 Å². The summed E-state index contributed by atoms with van der Waals surface area (Å²) in [6.45, 7) is 10.6. The van der Waals surface area contributed by atoms with E-state index in [4.69, 9.17) is 4.74 Å². The molecule has 1 N–H and O–H groups in total. The van der Waals surface area contributed by atoms with E-state index in [0.29, 0.717) is 57.7 Å². The Kier molecular flexibility index (Phi) is 8.36. The lowest BCUT2D eigenvalue weighted by molar-refractivity contribution is -0.135. The summed E-state index contributed by atoms with van der Waals surface area (Å²) in [5, 5.41) is 2.74. The number of amides is 2. The standard InChI is InChI=1S/C30H41F3N4O3/c1-21(2)36-9-3-24(4-10-36)40-25-16-22(15-23(31)17-25)20-35-11-13-37(14-12-35)27(38)19-34-28(39)26-18-29(26)5-7-30(32,33)8-6-29/h15-17,24,26H,1,3-14,18-20H2,2H3,(H,34,39). The Morgan fingerprint density at radius 2 is 1.68 bits per heavy atom. The first-order valence-electron chi connectivity index (χ1n) is 14.5. The highest BCUT2D eigenvalue weighted by Gasteiger charge is 2.60. The fourth-order valence-corrected chi connectivity index (χ4v) is 6.52. The summed E-state index contributed by atoms with van der Waals surface area (Å²) in [5.74, 6) is -2.97. The van der Waals surface area contributed by atoms with Gasteiger partial charge < -0.3 is 19.9 Å². The van der Waals surface area contributed by atoms with Crippen LogP contribution in [0.2, 0.25) is 0 Å². The van der Waals surface area contributed by atoms with Gasteiger partial charge in [0, 0.05) is 89.2 Å². The molecule has 2 saturated heterocycles. The Hall–Kier alpha value is -2.75. The monoisotopic (exact) mass is 562 g/mol. The molecule has 0 bridgehead atoms. The minimum atomic E-state index is -2.61. The van der Waals surface area contributed by atoms with Crippen molar-refractivity contribution in [3.05, 3.63) is 41.9 Å². The van der Waals surface area contributed by atoms with Crippen LogP contribution in [0.15, 0.2) is 30.5 Å². The number of hydrogen-bond acceptors (Lipinski definition) is 5. The van der Waals surface area contributed by atoms with Crippen molar-refractivity contribution in [3.8, 4) is 5.75 Å². The van der Waals surface area contributed by atoms with Crippen LogP contribution in [0.4, 0.5) is 13.2 Å². The van der Waals surface area contributed by atoms with Crippen LogP contribution in [0.1, 0.15) is 57.4 Å². The van der Waals surface area contributed by atoms with E-state index in [1.807, 2.05) is 13.0 Å². The molecular formula is C30H41F3N4O3. The van der Waals surface area contributed by atoms with Gasteiger partial charge in [-0.2, -0.15) is 0 Å². The number of benzene rings is 1. The lowest BCUT2D eigenvalue weighted by atomic mass is 9.82. The molecule has 0 radical (unpaired) electrons. The third-order valence-corrected chi connectivity index (χ3v) is 9.24. The molecule has 40 heavy (non-hydrogen) atoms. The molecule has 4 aliphatic rings. The number of rotatable bonds is 8. The van der Waals surface area contributed by atoms with Crippen LogP contribution in [0.5, 0.6) is 5.75 Å². The molecule has 1 atom stereocenters. The molecule has 2 amide bonds. The maximum atomic E-state index is 14.4. The number of ether oxygens (including phenoxy) is 1. The summed E-state index contributed by atoms with van der Waals surface area (Å²) in [7, 11) is 0. The largest absolute Gasteiger partial charge is 0.490 e. The molecule has 2 saturated carbocycles. The first-order chi connectivity index (χ1) is 19.0. The van der Waals surface area contributed by atoms with E-state index in [2.05, 4.69) is 21.7 Å². The minimum Gasteiger partial charge on any atom is -0.490 e. The zero-order chi connectivity index (χ0) is 28.5. The van der Waals surface area contributed by atoms with Crippen LogP contribution < -0.4 is 10.1 Å². The Balaban J connectivity index is 1.03. The number of nitrogens with zero attached hydrogens (tertiary/aromatic N) is 3. The number of piperazine rings is 1. The summed E-state index contributed by atoms with van der Waals surface area (Å²) in [6.07, 6.45) is 2.88.